The van der Waals surface area contributed by atoms with Crippen LogP contribution in [-0.2, 0) is 18.3 Å². The second-order valence-corrected chi connectivity index (χ2v) is 6.34. The molecular formula is C19H21N3O2. The van der Waals surface area contributed by atoms with Crippen LogP contribution in [0.3, 0.4) is 0 Å². The van der Waals surface area contributed by atoms with E-state index in [4.69, 9.17) is 9.40 Å². The van der Waals surface area contributed by atoms with Gasteiger partial charge in [-0.25, -0.2) is 4.98 Å². The normalized spacial score (nSPS) is 17.7. The fraction of sp³-hybridized carbons (Fsp3) is 0.368. The molecule has 3 heterocycles. The summed E-state index contributed by atoms with van der Waals surface area (Å²) in [5.41, 5.74) is 2.10. The minimum absolute atomic E-state index is 0.0755. The Kier molecular flexibility index (Phi) is 3.84. The zero-order chi connectivity index (χ0) is 16.5. The van der Waals surface area contributed by atoms with Crippen LogP contribution < -0.4 is 0 Å². The summed E-state index contributed by atoms with van der Waals surface area (Å²) in [4.78, 5) is 19.5. The molecule has 1 aliphatic rings. The van der Waals surface area contributed by atoms with Crippen LogP contribution in [0.1, 0.15) is 36.9 Å². The second-order valence-electron chi connectivity index (χ2n) is 6.34. The maximum atomic E-state index is 12.7. The first-order chi connectivity index (χ1) is 11.7. The topological polar surface area (TPSA) is 51.3 Å². The van der Waals surface area contributed by atoms with E-state index in [2.05, 4.69) is 10.6 Å². The highest BCUT2D eigenvalue weighted by Gasteiger charge is 2.32. The van der Waals surface area contributed by atoms with Crippen molar-refractivity contribution in [1.29, 1.82) is 0 Å². The summed E-state index contributed by atoms with van der Waals surface area (Å²) in [5, 5.41) is 0. The third-order valence-corrected chi connectivity index (χ3v) is 4.86. The van der Waals surface area contributed by atoms with Gasteiger partial charge in [-0.3, -0.25) is 4.79 Å². The van der Waals surface area contributed by atoms with Gasteiger partial charge in [-0.2, -0.15) is 0 Å². The van der Waals surface area contributed by atoms with Crippen molar-refractivity contribution < 1.29 is 9.21 Å². The van der Waals surface area contributed by atoms with Gasteiger partial charge in [0.05, 0.1) is 23.3 Å². The molecule has 0 bridgehead atoms. The first-order valence-corrected chi connectivity index (χ1v) is 8.47. The van der Waals surface area contributed by atoms with Gasteiger partial charge in [0.15, 0.2) is 0 Å². The van der Waals surface area contributed by atoms with E-state index in [-0.39, 0.29) is 11.9 Å². The molecule has 0 saturated carbocycles. The zero-order valence-electron chi connectivity index (χ0n) is 13.8. The molecule has 4 rings (SSSR count). The molecule has 1 atom stereocenters. The van der Waals surface area contributed by atoms with Crippen molar-refractivity contribution in [3.63, 3.8) is 0 Å². The second kappa shape index (κ2) is 6.15. The lowest BCUT2D eigenvalue weighted by atomic mass is 10.2. The number of rotatable bonds is 4. The van der Waals surface area contributed by atoms with Crippen LogP contribution >= 0.6 is 0 Å². The third kappa shape index (κ3) is 2.60. The molecule has 0 radical (unpaired) electrons. The first-order valence-electron chi connectivity index (χ1n) is 8.47. The van der Waals surface area contributed by atoms with Crippen LogP contribution in [0.2, 0.25) is 0 Å². The maximum Gasteiger partial charge on any atom is 0.223 e. The number of aryl methyl sites for hydroxylation is 2. The Bertz CT molecular complexity index is 851. The smallest absolute Gasteiger partial charge is 0.223 e. The van der Waals surface area contributed by atoms with Crippen molar-refractivity contribution >= 4 is 16.9 Å². The first kappa shape index (κ1) is 15.0. The minimum Gasteiger partial charge on any atom is -0.469 e. The van der Waals surface area contributed by atoms with E-state index >= 15 is 0 Å². The molecule has 1 aliphatic heterocycles. The molecule has 0 aliphatic carbocycles. The van der Waals surface area contributed by atoms with Gasteiger partial charge in [-0.1, -0.05) is 12.1 Å². The fourth-order valence-electron chi connectivity index (χ4n) is 3.62. The number of furan rings is 1. The molecule has 2 aromatic heterocycles. The van der Waals surface area contributed by atoms with Gasteiger partial charge in [0.1, 0.15) is 11.6 Å². The van der Waals surface area contributed by atoms with Crippen molar-refractivity contribution in [3.05, 3.63) is 54.2 Å². The lowest BCUT2D eigenvalue weighted by Gasteiger charge is -2.24. The van der Waals surface area contributed by atoms with E-state index in [0.29, 0.717) is 12.8 Å². The number of carbonyl (C=O) groups is 1. The zero-order valence-corrected chi connectivity index (χ0v) is 13.8. The average Bonchev–Trinajstić information content (AvgIpc) is 3.33. The predicted octanol–water partition coefficient (Wildman–Crippen LogP) is 3.46. The molecule has 0 unspecified atom stereocenters. The highest BCUT2D eigenvalue weighted by Crippen LogP contribution is 2.33. The van der Waals surface area contributed by atoms with Crippen molar-refractivity contribution in [3.8, 4) is 0 Å². The summed E-state index contributed by atoms with van der Waals surface area (Å²) >= 11 is 0. The van der Waals surface area contributed by atoms with Crippen LogP contribution in [0.5, 0.6) is 0 Å². The van der Waals surface area contributed by atoms with Gasteiger partial charge < -0.3 is 13.9 Å². The van der Waals surface area contributed by atoms with E-state index in [0.717, 1.165) is 42.0 Å². The predicted molar refractivity (Wildman–Crippen MR) is 91.4 cm³/mol. The molecule has 124 valence electrons. The number of imidazole rings is 1. The Morgan fingerprint density at radius 1 is 1.29 bits per heavy atom. The summed E-state index contributed by atoms with van der Waals surface area (Å²) in [7, 11) is 2.04. The number of hydrogen-bond acceptors (Lipinski definition) is 3. The Labute approximate surface area is 140 Å². The quantitative estimate of drug-likeness (QED) is 0.739. The summed E-state index contributed by atoms with van der Waals surface area (Å²) in [5.74, 6) is 2.03. The summed E-state index contributed by atoms with van der Waals surface area (Å²) in [6.45, 7) is 0.810. The van der Waals surface area contributed by atoms with Gasteiger partial charge in [-0.15, -0.1) is 0 Å². The summed E-state index contributed by atoms with van der Waals surface area (Å²) < 4.78 is 7.45. The van der Waals surface area contributed by atoms with Gasteiger partial charge in [0.25, 0.3) is 0 Å². The summed E-state index contributed by atoms with van der Waals surface area (Å²) in [6, 6.07) is 12.0. The minimum atomic E-state index is 0.0755. The number of para-hydroxylation sites is 2. The van der Waals surface area contributed by atoms with Crippen LogP contribution in [0, 0.1) is 0 Å². The Balaban J connectivity index is 1.55. The molecule has 1 saturated heterocycles. The Morgan fingerprint density at radius 3 is 2.96 bits per heavy atom. The van der Waals surface area contributed by atoms with E-state index in [1.54, 1.807) is 6.26 Å². The van der Waals surface area contributed by atoms with Crippen LogP contribution in [0.4, 0.5) is 0 Å². The highest BCUT2D eigenvalue weighted by atomic mass is 16.3. The van der Waals surface area contributed by atoms with Gasteiger partial charge >= 0.3 is 0 Å². The summed E-state index contributed by atoms with van der Waals surface area (Å²) in [6.07, 6.45) is 4.79. The number of aromatic nitrogens is 2. The van der Waals surface area contributed by atoms with Crippen molar-refractivity contribution in [2.45, 2.75) is 31.7 Å². The number of nitrogens with zero attached hydrogens (tertiary/aromatic N) is 3. The van der Waals surface area contributed by atoms with E-state index in [9.17, 15) is 4.79 Å². The SMILES string of the molecule is Cn1c([C@@H]2CCCN2C(=O)CCc2ccco2)nc2ccccc21. The molecule has 0 N–H and O–H groups in total. The van der Waals surface area contributed by atoms with E-state index in [1.165, 1.54) is 0 Å². The molecule has 1 fully saturated rings. The number of likely N-dealkylation sites (tertiary alicyclic amines) is 1. The van der Waals surface area contributed by atoms with Gasteiger partial charge in [0, 0.05) is 26.4 Å². The average molecular weight is 323 g/mol. The van der Waals surface area contributed by atoms with Crippen molar-refractivity contribution in [1.82, 2.24) is 14.5 Å². The number of benzene rings is 1. The van der Waals surface area contributed by atoms with E-state index < -0.39 is 0 Å². The number of carbonyl (C=O) groups excluding carboxylic acids is 1. The Morgan fingerprint density at radius 2 is 2.17 bits per heavy atom. The molecule has 1 amide bonds. The number of amides is 1. The molecular weight excluding hydrogens is 302 g/mol. The van der Waals surface area contributed by atoms with Crippen LogP contribution in [0.15, 0.2) is 47.1 Å². The van der Waals surface area contributed by atoms with Crippen LogP contribution in [0.25, 0.3) is 11.0 Å². The standard InChI is InChI=1S/C19H21N3O2/c1-21-16-8-3-2-7-15(16)20-19(21)17-9-4-12-22(17)18(23)11-10-14-6-5-13-24-14/h2-3,5-8,13,17H,4,9-12H2,1H3/t17-/m0/s1. The fourth-order valence-corrected chi connectivity index (χ4v) is 3.62. The van der Waals surface area contributed by atoms with Crippen molar-refractivity contribution in [2.75, 3.05) is 6.54 Å². The number of fused-ring (bicyclic) bond motifs is 1. The number of hydrogen-bond donors (Lipinski definition) is 0. The van der Waals surface area contributed by atoms with Crippen molar-refractivity contribution in [2.24, 2.45) is 7.05 Å². The molecule has 5 heteroatoms. The molecule has 5 nitrogen and oxygen atoms in total. The van der Waals surface area contributed by atoms with Crippen LogP contribution in [-0.4, -0.2) is 26.9 Å². The molecule has 1 aromatic carbocycles. The Hall–Kier alpha value is -2.56. The molecule has 3 aromatic rings. The lowest BCUT2D eigenvalue weighted by molar-refractivity contribution is -0.132. The highest BCUT2D eigenvalue weighted by molar-refractivity contribution is 5.78. The maximum absolute atomic E-state index is 12.7. The molecule has 24 heavy (non-hydrogen) atoms. The van der Waals surface area contributed by atoms with E-state index in [1.807, 2.05) is 42.3 Å². The van der Waals surface area contributed by atoms with Gasteiger partial charge in [0.2, 0.25) is 5.91 Å². The van der Waals surface area contributed by atoms with Gasteiger partial charge in [-0.05, 0) is 37.1 Å². The monoisotopic (exact) mass is 323 g/mol. The lowest BCUT2D eigenvalue weighted by Crippen LogP contribution is -2.32. The largest absolute Gasteiger partial charge is 0.469 e. The third-order valence-electron chi connectivity index (χ3n) is 4.86. The molecule has 0 spiro atoms.